The fourth-order valence-electron chi connectivity index (χ4n) is 2.72. The van der Waals surface area contributed by atoms with Gasteiger partial charge in [-0.25, -0.2) is 0 Å². The van der Waals surface area contributed by atoms with Gasteiger partial charge >= 0.3 is 0 Å². The van der Waals surface area contributed by atoms with Crippen LogP contribution in [-0.2, 0) is 9.59 Å². The average molecular weight is 254 g/mol. The van der Waals surface area contributed by atoms with E-state index in [1.54, 1.807) is 6.92 Å². The molecular weight excluding hydrogens is 228 g/mol. The summed E-state index contributed by atoms with van der Waals surface area (Å²) in [4.78, 5) is 25.1. The van der Waals surface area contributed by atoms with Gasteiger partial charge in [0, 0.05) is 32.5 Å². The largest absolute Gasteiger partial charge is 0.354 e. The summed E-state index contributed by atoms with van der Waals surface area (Å²) in [5.74, 6) is 1.17. The molecule has 0 saturated carbocycles. The minimum absolute atomic E-state index is 0.143. The van der Waals surface area contributed by atoms with Gasteiger partial charge in [-0.05, 0) is 32.1 Å². The van der Waals surface area contributed by atoms with E-state index in [4.69, 9.17) is 0 Å². The second-order valence-corrected chi connectivity index (χ2v) is 5.61. The zero-order valence-corrected chi connectivity index (χ0v) is 12.0. The Morgan fingerprint density at radius 1 is 1.33 bits per heavy atom. The van der Waals surface area contributed by atoms with Gasteiger partial charge in [-0.15, -0.1) is 0 Å². The molecule has 0 radical (unpaired) electrons. The third-order valence-electron chi connectivity index (χ3n) is 3.76. The lowest BCUT2D eigenvalue weighted by Gasteiger charge is -2.37. The smallest absolute Gasteiger partial charge is 0.220 e. The molecule has 4 nitrogen and oxygen atoms in total. The monoisotopic (exact) mass is 254 g/mol. The lowest BCUT2D eigenvalue weighted by Crippen LogP contribution is -2.44. The van der Waals surface area contributed by atoms with E-state index in [0.29, 0.717) is 18.3 Å². The van der Waals surface area contributed by atoms with E-state index in [-0.39, 0.29) is 17.9 Å². The Balaban J connectivity index is 2.51. The SMILES string of the molecule is CC[C@H]1CN(C(C)=O)CC[C@H]1CC(=O)NC(C)C. The highest BCUT2D eigenvalue weighted by atomic mass is 16.2. The van der Waals surface area contributed by atoms with Crippen LogP contribution >= 0.6 is 0 Å². The van der Waals surface area contributed by atoms with Crippen molar-refractivity contribution in [2.45, 2.75) is 53.0 Å². The van der Waals surface area contributed by atoms with Crippen molar-refractivity contribution in [1.82, 2.24) is 10.2 Å². The van der Waals surface area contributed by atoms with Crippen LogP contribution in [0.1, 0.15) is 47.0 Å². The van der Waals surface area contributed by atoms with Gasteiger partial charge in [0.15, 0.2) is 0 Å². The zero-order chi connectivity index (χ0) is 13.7. The highest BCUT2D eigenvalue weighted by molar-refractivity contribution is 5.76. The first-order chi connectivity index (χ1) is 8.43. The van der Waals surface area contributed by atoms with Gasteiger partial charge < -0.3 is 10.2 Å². The van der Waals surface area contributed by atoms with Crippen LogP contribution in [0.4, 0.5) is 0 Å². The highest BCUT2D eigenvalue weighted by Gasteiger charge is 2.30. The Morgan fingerprint density at radius 2 is 2.00 bits per heavy atom. The number of carbonyl (C=O) groups excluding carboxylic acids is 2. The van der Waals surface area contributed by atoms with Gasteiger partial charge in [0.2, 0.25) is 11.8 Å². The van der Waals surface area contributed by atoms with Crippen molar-refractivity contribution in [2.24, 2.45) is 11.8 Å². The molecule has 1 aliphatic rings. The molecule has 1 N–H and O–H groups in total. The van der Waals surface area contributed by atoms with Crippen LogP contribution in [0.5, 0.6) is 0 Å². The molecule has 0 spiro atoms. The summed E-state index contributed by atoms with van der Waals surface area (Å²) in [6, 6.07) is 0.204. The number of hydrogen-bond acceptors (Lipinski definition) is 2. The van der Waals surface area contributed by atoms with E-state index in [0.717, 1.165) is 25.9 Å². The first kappa shape index (κ1) is 15.0. The predicted molar refractivity (Wildman–Crippen MR) is 72.0 cm³/mol. The quantitative estimate of drug-likeness (QED) is 0.831. The van der Waals surface area contributed by atoms with Gasteiger partial charge in [-0.1, -0.05) is 13.3 Å². The molecule has 0 aromatic rings. The normalized spacial score (nSPS) is 24.2. The second-order valence-electron chi connectivity index (χ2n) is 5.61. The molecular formula is C14H26N2O2. The molecule has 4 heteroatoms. The number of nitrogens with one attached hydrogen (secondary N) is 1. The van der Waals surface area contributed by atoms with E-state index in [1.165, 1.54) is 0 Å². The molecule has 104 valence electrons. The lowest BCUT2D eigenvalue weighted by molar-refractivity contribution is -0.132. The van der Waals surface area contributed by atoms with E-state index >= 15 is 0 Å². The maximum absolute atomic E-state index is 11.8. The van der Waals surface area contributed by atoms with Crippen LogP contribution < -0.4 is 5.32 Å². The van der Waals surface area contributed by atoms with Crippen LogP contribution in [0.15, 0.2) is 0 Å². The summed E-state index contributed by atoms with van der Waals surface area (Å²) in [7, 11) is 0. The van der Waals surface area contributed by atoms with Gasteiger partial charge in [0.05, 0.1) is 0 Å². The van der Waals surface area contributed by atoms with Crippen molar-refractivity contribution in [2.75, 3.05) is 13.1 Å². The van der Waals surface area contributed by atoms with E-state index in [9.17, 15) is 9.59 Å². The fraction of sp³-hybridized carbons (Fsp3) is 0.857. The van der Waals surface area contributed by atoms with Crippen molar-refractivity contribution in [3.8, 4) is 0 Å². The molecule has 2 amide bonds. The molecule has 2 atom stereocenters. The predicted octanol–water partition coefficient (Wildman–Crippen LogP) is 1.80. The average Bonchev–Trinajstić information content (AvgIpc) is 2.27. The van der Waals surface area contributed by atoms with E-state index in [1.807, 2.05) is 18.7 Å². The summed E-state index contributed by atoms with van der Waals surface area (Å²) in [5.41, 5.74) is 0. The minimum Gasteiger partial charge on any atom is -0.354 e. The van der Waals surface area contributed by atoms with Crippen molar-refractivity contribution < 1.29 is 9.59 Å². The summed E-state index contributed by atoms with van der Waals surface area (Å²) < 4.78 is 0. The number of piperidine rings is 1. The fourth-order valence-corrected chi connectivity index (χ4v) is 2.72. The Labute approximate surface area is 110 Å². The number of likely N-dealkylation sites (tertiary alicyclic amines) is 1. The molecule has 0 aromatic carbocycles. The second kappa shape index (κ2) is 6.76. The molecule has 1 rings (SSSR count). The van der Waals surface area contributed by atoms with Gasteiger partial charge in [-0.3, -0.25) is 9.59 Å². The van der Waals surface area contributed by atoms with Crippen LogP contribution in [-0.4, -0.2) is 35.8 Å². The minimum atomic E-state index is 0.143. The van der Waals surface area contributed by atoms with Gasteiger partial charge in [-0.2, -0.15) is 0 Å². The van der Waals surface area contributed by atoms with Crippen molar-refractivity contribution in [1.29, 1.82) is 0 Å². The van der Waals surface area contributed by atoms with Crippen molar-refractivity contribution in [3.05, 3.63) is 0 Å². The zero-order valence-electron chi connectivity index (χ0n) is 12.0. The third kappa shape index (κ3) is 4.31. The molecule has 0 unspecified atom stereocenters. The Morgan fingerprint density at radius 3 is 2.50 bits per heavy atom. The maximum atomic E-state index is 11.8. The summed E-state index contributed by atoms with van der Waals surface area (Å²) >= 11 is 0. The first-order valence-corrected chi connectivity index (χ1v) is 6.98. The Kier molecular flexibility index (Phi) is 5.63. The Bertz CT molecular complexity index is 302. The molecule has 1 aliphatic heterocycles. The van der Waals surface area contributed by atoms with Crippen LogP contribution in [0.25, 0.3) is 0 Å². The van der Waals surface area contributed by atoms with E-state index < -0.39 is 0 Å². The van der Waals surface area contributed by atoms with E-state index in [2.05, 4.69) is 12.2 Å². The highest BCUT2D eigenvalue weighted by Crippen LogP contribution is 2.28. The third-order valence-corrected chi connectivity index (χ3v) is 3.76. The molecule has 0 aromatic heterocycles. The summed E-state index contributed by atoms with van der Waals surface area (Å²) in [6.45, 7) is 9.33. The van der Waals surface area contributed by atoms with Crippen molar-refractivity contribution in [3.63, 3.8) is 0 Å². The van der Waals surface area contributed by atoms with Crippen LogP contribution in [0.2, 0.25) is 0 Å². The number of amides is 2. The number of carbonyl (C=O) groups is 2. The number of nitrogens with zero attached hydrogens (tertiary/aromatic N) is 1. The Hall–Kier alpha value is -1.06. The lowest BCUT2D eigenvalue weighted by atomic mass is 9.81. The first-order valence-electron chi connectivity index (χ1n) is 6.98. The summed E-state index contributed by atoms with van der Waals surface area (Å²) in [5, 5.41) is 2.95. The maximum Gasteiger partial charge on any atom is 0.220 e. The molecule has 0 bridgehead atoms. The molecule has 18 heavy (non-hydrogen) atoms. The van der Waals surface area contributed by atoms with Crippen LogP contribution in [0.3, 0.4) is 0 Å². The molecule has 1 fully saturated rings. The van der Waals surface area contributed by atoms with Gasteiger partial charge in [0.25, 0.3) is 0 Å². The molecule has 1 heterocycles. The number of rotatable bonds is 4. The molecule has 0 aliphatic carbocycles. The molecule has 1 saturated heterocycles. The standard InChI is InChI=1S/C14H26N2O2/c1-5-12-9-16(11(4)17)7-6-13(12)8-14(18)15-10(2)3/h10,12-13H,5-9H2,1-4H3,(H,15,18)/t12-,13-/m0/s1. The topological polar surface area (TPSA) is 49.4 Å². The summed E-state index contributed by atoms with van der Waals surface area (Å²) in [6.07, 6.45) is 2.58. The van der Waals surface area contributed by atoms with Crippen molar-refractivity contribution >= 4 is 11.8 Å². The number of hydrogen-bond donors (Lipinski definition) is 1. The van der Waals surface area contributed by atoms with Gasteiger partial charge in [0.1, 0.15) is 0 Å². The van der Waals surface area contributed by atoms with Crippen LogP contribution in [0, 0.1) is 11.8 Å².